The highest BCUT2D eigenvalue weighted by Gasteiger charge is 2.32. The fraction of sp³-hybridized carbons (Fsp3) is 0.286. The van der Waals surface area contributed by atoms with Gasteiger partial charge in [0.1, 0.15) is 15.8 Å². The Kier molecular flexibility index (Phi) is 8.78. The lowest BCUT2D eigenvalue weighted by Gasteiger charge is -2.13. The predicted octanol–water partition coefficient (Wildman–Crippen LogP) is 6.09. The van der Waals surface area contributed by atoms with Crippen LogP contribution in [0.5, 0.6) is 5.75 Å². The van der Waals surface area contributed by atoms with Crippen LogP contribution >= 0.6 is 24.0 Å². The van der Waals surface area contributed by atoms with Gasteiger partial charge in [0.2, 0.25) is 0 Å². The van der Waals surface area contributed by atoms with E-state index in [1.54, 1.807) is 4.90 Å². The van der Waals surface area contributed by atoms with Gasteiger partial charge < -0.3 is 9.84 Å². The van der Waals surface area contributed by atoms with Crippen molar-refractivity contribution in [2.75, 3.05) is 13.2 Å². The average molecular weight is 536 g/mol. The summed E-state index contributed by atoms with van der Waals surface area (Å²) in [5.41, 5.74) is 4.48. The van der Waals surface area contributed by atoms with E-state index in [1.807, 2.05) is 79.3 Å². The molecule has 0 radical (unpaired) electrons. The van der Waals surface area contributed by atoms with Gasteiger partial charge in [-0.1, -0.05) is 48.6 Å². The Morgan fingerprint density at radius 1 is 1.16 bits per heavy atom. The molecule has 2 heterocycles. The van der Waals surface area contributed by atoms with Crippen LogP contribution < -0.4 is 4.74 Å². The van der Waals surface area contributed by atoms with Crippen molar-refractivity contribution >= 4 is 46.3 Å². The highest BCUT2D eigenvalue weighted by Crippen LogP contribution is 2.36. The summed E-state index contributed by atoms with van der Waals surface area (Å²) >= 11 is 6.78. The van der Waals surface area contributed by atoms with Gasteiger partial charge in [0.05, 0.1) is 17.2 Å². The minimum absolute atomic E-state index is 0.130. The molecule has 1 N–H and O–H groups in total. The Morgan fingerprint density at radius 3 is 2.65 bits per heavy atom. The monoisotopic (exact) mass is 535 g/mol. The second-order valence-electron chi connectivity index (χ2n) is 8.66. The van der Waals surface area contributed by atoms with Crippen LogP contribution in [-0.2, 0) is 9.59 Å². The van der Waals surface area contributed by atoms with E-state index in [2.05, 4.69) is 0 Å². The van der Waals surface area contributed by atoms with Gasteiger partial charge in [0, 0.05) is 30.3 Å². The summed E-state index contributed by atoms with van der Waals surface area (Å²) in [5, 5.41) is 13.7. The van der Waals surface area contributed by atoms with Crippen molar-refractivity contribution < 1.29 is 19.4 Å². The van der Waals surface area contributed by atoms with Crippen LogP contribution in [0.3, 0.4) is 0 Å². The topological polar surface area (TPSA) is 84.7 Å². The third-order valence-corrected chi connectivity index (χ3v) is 7.34. The standard InChI is InChI=1S/C28H29N3O4S2/c1-3-35-22-13-14-23(19(2)16-22)26-20(18-31(29-26)21-10-6-4-7-11-21)17-24-27(34)30(28(36)37-24)15-9-5-8-12-25(32)33/h4,6-7,10-11,13-14,16-18H,3,5,8-9,12,15H2,1-2H3,(H,32,33). The Morgan fingerprint density at radius 2 is 1.95 bits per heavy atom. The van der Waals surface area contributed by atoms with Gasteiger partial charge in [-0.15, -0.1) is 0 Å². The largest absolute Gasteiger partial charge is 0.494 e. The number of aromatic nitrogens is 2. The van der Waals surface area contributed by atoms with E-state index in [-0.39, 0.29) is 12.3 Å². The van der Waals surface area contributed by atoms with Gasteiger partial charge in [-0.3, -0.25) is 14.5 Å². The van der Waals surface area contributed by atoms with Crippen LogP contribution in [0, 0.1) is 6.92 Å². The number of carboxylic acid groups (broad SMARTS) is 1. The fourth-order valence-electron chi connectivity index (χ4n) is 4.13. The molecular weight excluding hydrogens is 506 g/mol. The number of carbonyl (C=O) groups is 2. The first-order valence-corrected chi connectivity index (χ1v) is 13.5. The van der Waals surface area contributed by atoms with Gasteiger partial charge in [-0.05, 0) is 68.7 Å². The van der Waals surface area contributed by atoms with Gasteiger partial charge in [0.15, 0.2) is 0 Å². The molecule has 1 amide bonds. The van der Waals surface area contributed by atoms with Gasteiger partial charge in [0.25, 0.3) is 5.91 Å². The number of thiocarbonyl (C=S) groups is 1. The van der Waals surface area contributed by atoms with Crippen molar-refractivity contribution in [2.24, 2.45) is 0 Å². The molecule has 2 aromatic carbocycles. The minimum Gasteiger partial charge on any atom is -0.494 e. The maximum absolute atomic E-state index is 13.2. The number of thioether (sulfide) groups is 1. The van der Waals surface area contributed by atoms with E-state index in [9.17, 15) is 9.59 Å². The molecule has 0 bridgehead atoms. The number of carboxylic acids is 1. The SMILES string of the molecule is CCOc1ccc(-c2nn(-c3ccccc3)cc2C=C2SC(=S)N(CCCCCC(=O)O)C2=O)c(C)c1. The van der Waals surface area contributed by atoms with E-state index in [4.69, 9.17) is 27.2 Å². The normalized spacial score (nSPS) is 14.5. The smallest absolute Gasteiger partial charge is 0.303 e. The molecule has 1 aliphatic rings. The van der Waals surface area contributed by atoms with E-state index in [0.717, 1.165) is 40.2 Å². The lowest BCUT2D eigenvalue weighted by Crippen LogP contribution is -2.29. The molecule has 0 spiro atoms. The van der Waals surface area contributed by atoms with Crippen molar-refractivity contribution in [3.8, 4) is 22.7 Å². The highest BCUT2D eigenvalue weighted by atomic mass is 32.2. The zero-order valence-electron chi connectivity index (χ0n) is 20.8. The number of unbranched alkanes of at least 4 members (excludes halogenated alkanes) is 2. The van der Waals surface area contributed by atoms with E-state index < -0.39 is 5.97 Å². The number of hydrogen-bond acceptors (Lipinski definition) is 6. The first-order valence-electron chi connectivity index (χ1n) is 12.2. The number of benzene rings is 2. The molecular formula is C28H29N3O4S2. The molecule has 9 heteroatoms. The van der Waals surface area contributed by atoms with Gasteiger partial charge >= 0.3 is 5.97 Å². The molecule has 0 saturated carbocycles. The number of hydrogen-bond donors (Lipinski definition) is 1. The average Bonchev–Trinajstić information content (AvgIpc) is 3.40. The van der Waals surface area contributed by atoms with Crippen LogP contribution in [0.2, 0.25) is 0 Å². The van der Waals surface area contributed by atoms with Gasteiger partial charge in [-0.25, -0.2) is 4.68 Å². The summed E-state index contributed by atoms with van der Waals surface area (Å²) in [4.78, 5) is 26.1. The molecule has 0 aliphatic carbocycles. The minimum atomic E-state index is -0.803. The molecule has 37 heavy (non-hydrogen) atoms. The fourth-order valence-corrected chi connectivity index (χ4v) is 5.43. The molecule has 7 nitrogen and oxygen atoms in total. The molecule has 1 fully saturated rings. The van der Waals surface area contributed by atoms with Crippen molar-refractivity contribution in [1.82, 2.24) is 14.7 Å². The first kappa shape index (κ1) is 26.6. The van der Waals surface area contributed by atoms with Crippen LogP contribution in [0.15, 0.2) is 59.6 Å². The van der Waals surface area contributed by atoms with Crippen LogP contribution in [-0.4, -0.2) is 49.1 Å². The third kappa shape index (κ3) is 6.47. The zero-order valence-corrected chi connectivity index (χ0v) is 22.5. The summed E-state index contributed by atoms with van der Waals surface area (Å²) in [6.45, 7) is 5.05. The molecule has 0 unspecified atom stereocenters. The number of aryl methyl sites for hydroxylation is 1. The first-order chi connectivity index (χ1) is 17.9. The predicted molar refractivity (Wildman–Crippen MR) is 151 cm³/mol. The van der Waals surface area contributed by atoms with Crippen molar-refractivity contribution in [2.45, 2.75) is 39.5 Å². The second-order valence-corrected chi connectivity index (χ2v) is 10.3. The van der Waals surface area contributed by atoms with Crippen LogP contribution in [0.4, 0.5) is 0 Å². The summed E-state index contributed by atoms with van der Waals surface area (Å²) in [5.74, 6) is -0.129. The van der Waals surface area contributed by atoms with Crippen molar-refractivity contribution in [1.29, 1.82) is 0 Å². The lowest BCUT2D eigenvalue weighted by atomic mass is 10.0. The van der Waals surface area contributed by atoms with Crippen LogP contribution in [0.1, 0.15) is 43.7 Å². The second kappa shape index (κ2) is 12.2. The maximum Gasteiger partial charge on any atom is 0.303 e. The Bertz CT molecular complexity index is 1330. The van der Waals surface area contributed by atoms with Crippen molar-refractivity contribution in [3.63, 3.8) is 0 Å². The Balaban J connectivity index is 1.63. The van der Waals surface area contributed by atoms with Crippen LogP contribution in [0.25, 0.3) is 23.0 Å². The van der Waals surface area contributed by atoms with E-state index in [0.29, 0.717) is 35.2 Å². The lowest BCUT2D eigenvalue weighted by molar-refractivity contribution is -0.137. The molecule has 1 aromatic heterocycles. The number of nitrogens with zero attached hydrogens (tertiary/aromatic N) is 3. The molecule has 4 rings (SSSR count). The quantitative estimate of drug-likeness (QED) is 0.181. The summed E-state index contributed by atoms with van der Waals surface area (Å²) in [6, 6.07) is 15.8. The number of amides is 1. The molecule has 3 aromatic rings. The summed E-state index contributed by atoms with van der Waals surface area (Å²) < 4.78 is 7.99. The highest BCUT2D eigenvalue weighted by molar-refractivity contribution is 8.26. The molecule has 192 valence electrons. The van der Waals surface area contributed by atoms with E-state index >= 15 is 0 Å². The maximum atomic E-state index is 13.2. The number of para-hydroxylation sites is 1. The van der Waals surface area contributed by atoms with Crippen molar-refractivity contribution in [3.05, 3.63) is 70.8 Å². The Labute approximate surface area is 226 Å². The zero-order chi connectivity index (χ0) is 26.4. The summed E-state index contributed by atoms with van der Waals surface area (Å²) in [7, 11) is 0. The summed E-state index contributed by atoms with van der Waals surface area (Å²) in [6.07, 6.45) is 5.95. The molecule has 1 saturated heterocycles. The number of carbonyl (C=O) groups excluding carboxylic acids is 1. The molecule has 0 atom stereocenters. The Hall–Kier alpha value is -3.43. The number of ether oxygens (including phenoxy) is 1. The molecule has 1 aliphatic heterocycles. The number of rotatable bonds is 11. The number of aliphatic carboxylic acids is 1. The third-order valence-electron chi connectivity index (χ3n) is 5.96. The van der Waals surface area contributed by atoms with E-state index in [1.165, 1.54) is 11.8 Å². The van der Waals surface area contributed by atoms with Gasteiger partial charge in [-0.2, -0.15) is 5.10 Å².